The molecule has 0 aromatic rings. The fourth-order valence-electron chi connectivity index (χ4n) is 3.48. The summed E-state index contributed by atoms with van der Waals surface area (Å²) in [7, 11) is 0. The molecule has 1 heteroatoms. The van der Waals surface area contributed by atoms with Crippen LogP contribution in [-0.4, -0.2) is 13.1 Å². The van der Waals surface area contributed by atoms with E-state index >= 15 is 0 Å². The maximum atomic E-state index is 3.49. The third kappa shape index (κ3) is 3.21. The molecule has 1 aliphatic heterocycles. The van der Waals surface area contributed by atoms with Gasteiger partial charge in [-0.05, 0) is 62.4 Å². The van der Waals surface area contributed by atoms with Crippen molar-refractivity contribution in [2.24, 2.45) is 23.7 Å². The van der Waals surface area contributed by atoms with Crippen molar-refractivity contribution in [2.45, 2.75) is 52.4 Å². The zero-order valence-corrected chi connectivity index (χ0v) is 10.5. The maximum Gasteiger partial charge on any atom is -0.00199 e. The molecule has 1 atom stereocenters. The van der Waals surface area contributed by atoms with E-state index in [0.29, 0.717) is 0 Å². The Morgan fingerprint density at radius 3 is 2.27 bits per heavy atom. The highest BCUT2D eigenvalue weighted by molar-refractivity contribution is 4.79. The molecule has 1 saturated carbocycles. The van der Waals surface area contributed by atoms with Crippen LogP contribution in [0.2, 0.25) is 0 Å². The van der Waals surface area contributed by atoms with E-state index in [4.69, 9.17) is 0 Å². The summed E-state index contributed by atoms with van der Waals surface area (Å²) in [5.41, 5.74) is 0. The van der Waals surface area contributed by atoms with Crippen molar-refractivity contribution in [1.82, 2.24) is 5.32 Å². The zero-order valence-electron chi connectivity index (χ0n) is 10.5. The molecule has 1 nitrogen and oxygen atoms in total. The second kappa shape index (κ2) is 5.34. The largest absolute Gasteiger partial charge is 0.316 e. The second-order valence-electron chi connectivity index (χ2n) is 6.12. The lowest BCUT2D eigenvalue weighted by Crippen LogP contribution is -2.21. The summed E-state index contributed by atoms with van der Waals surface area (Å²) in [5, 5.41) is 3.49. The lowest BCUT2D eigenvalue weighted by Gasteiger charge is -2.32. The van der Waals surface area contributed by atoms with E-state index in [1.54, 1.807) is 0 Å². The van der Waals surface area contributed by atoms with E-state index < -0.39 is 0 Å². The Bertz CT molecular complexity index is 174. The Morgan fingerprint density at radius 2 is 1.73 bits per heavy atom. The molecule has 0 radical (unpaired) electrons. The second-order valence-corrected chi connectivity index (χ2v) is 6.12. The van der Waals surface area contributed by atoms with Gasteiger partial charge in [0.25, 0.3) is 0 Å². The minimum absolute atomic E-state index is 0.916. The van der Waals surface area contributed by atoms with Crippen molar-refractivity contribution in [1.29, 1.82) is 0 Å². The van der Waals surface area contributed by atoms with E-state index in [0.717, 1.165) is 23.7 Å². The molecular weight excluding hydrogens is 182 g/mol. The van der Waals surface area contributed by atoms with Gasteiger partial charge in [0.15, 0.2) is 0 Å². The Labute approximate surface area is 95.0 Å². The van der Waals surface area contributed by atoms with Gasteiger partial charge in [-0.1, -0.05) is 26.7 Å². The summed E-state index contributed by atoms with van der Waals surface area (Å²) in [4.78, 5) is 0. The summed E-state index contributed by atoms with van der Waals surface area (Å²) in [5.74, 6) is 4.01. The van der Waals surface area contributed by atoms with Gasteiger partial charge in [-0.2, -0.15) is 0 Å². The van der Waals surface area contributed by atoms with E-state index in [1.807, 2.05) is 0 Å². The van der Waals surface area contributed by atoms with E-state index in [2.05, 4.69) is 19.2 Å². The van der Waals surface area contributed by atoms with Gasteiger partial charge < -0.3 is 5.32 Å². The van der Waals surface area contributed by atoms with Crippen LogP contribution in [0.1, 0.15) is 52.4 Å². The Kier molecular flexibility index (Phi) is 4.07. The topological polar surface area (TPSA) is 12.0 Å². The summed E-state index contributed by atoms with van der Waals surface area (Å²) >= 11 is 0. The minimum Gasteiger partial charge on any atom is -0.316 e. The molecule has 0 bridgehead atoms. The molecule has 0 aromatic carbocycles. The molecule has 1 heterocycles. The molecule has 0 spiro atoms. The van der Waals surface area contributed by atoms with E-state index in [1.165, 1.54) is 51.6 Å². The number of nitrogens with one attached hydrogen (secondary N) is 1. The van der Waals surface area contributed by atoms with E-state index in [9.17, 15) is 0 Å². The predicted octanol–water partition coefficient (Wildman–Crippen LogP) is 3.45. The minimum atomic E-state index is 0.916. The van der Waals surface area contributed by atoms with Gasteiger partial charge >= 0.3 is 0 Å². The zero-order chi connectivity index (χ0) is 10.7. The van der Waals surface area contributed by atoms with Crippen molar-refractivity contribution >= 4 is 0 Å². The Hall–Kier alpha value is -0.0400. The van der Waals surface area contributed by atoms with Gasteiger partial charge in [0.05, 0.1) is 0 Å². The van der Waals surface area contributed by atoms with Crippen molar-refractivity contribution in [3.8, 4) is 0 Å². The highest BCUT2D eigenvalue weighted by atomic mass is 14.9. The van der Waals surface area contributed by atoms with Gasteiger partial charge in [0.1, 0.15) is 0 Å². The SMILES string of the molecule is CC(C)C1CCC(CC2CCNC2)CC1. The van der Waals surface area contributed by atoms with Crippen LogP contribution in [-0.2, 0) is 0 Å². The van der Waals surface area contributed by atoms with Crippen LogP contribution in [0.3, 0.4) is 0 Å². The fourth-order valence-corrected chi connectivity index (χ4v) is 3.48. The molecule has 1 unspecified atom stereocenters. The van der Waals surface area contributed by atoms with Crippen LogP contribution >= 0.6 is 0 Å². The highest BCUT2D eigenvalue weighted by Gasteiger charge is 2.26. The van der Waals surface area contributed by atoms with Gasteiger partial charge in [-0.25, -0.2) is 0 Å². The fraction of sp³-hybridized carbons (Fsp3) is 1.00. The normalized spacial score (nSPS) is 37.4. The van der Waals surface area contributed by atoms with Gasteiger partial charge in [0, 0.05) is 0 Å². The van der Waals surface area contributed by atoms with Crippen LogP contribution in [0.5, 0.6) is 0 Å². The standard InChI is InChI=1S/C14H27N/c1-11(2)14-5-3-12(4-6-14)9-13-7-8-15-10-13/h11-15H,3-10H2,1-2H3. The summed E-state index contributed by atoms with van der Waals surface area (Å²) in [6, 6.07) is 0. The first-order valence-electron chi connectivity index (χ1n) is 6.96. The lowest BCUT2D eigenvalue weighted by molar-refractivity contribution is 0.202. The van der Waals surface area contributed by atoms with Crippen LogP contribution in [0.15, 0.2) is 0 Å². The third-order valence-electron chi connectivity index (χ3n) is 4.66. The molecule has 2 rings (SSSR count). The molecule has 1 aliphatic carbocycles. The lowest BCUT2D eigenvalue weighted by atomic mass is 9.74. The molecule has 1 N–H and O–H groups in total. The maximum absolute atomic E-state index is 3.49. The first kappa shape index (κ1) is 11.4. The molecule has 15 heavy (non-hydrogen) atoms. The predicted molar refractivity (Wildman–Crippen MR) is 65.9 cm³/mol. The van der Waals surface area contributed by atoms with Crippen LogP contribution in [0, 0.1) is 23.7 Å². The molecular formula is C14H27N. The van der Waals surface area contributed by atoms with Gasteiger partial charge in [-0.3, -0.25) is 0 Å². The smallest absolute Gasteiger partial charge is 0.00199 e. The number of hydrogen-bond acceptors (Lipinski definition) is 1. The summed E-state index contributed by atoms with van der Waals surface area (Å²) in [6.45, 7) is 7.36. The molecule has 0 aromatic heterocycles. The average Bonchev–Trinajstić information content (AvgIpc) is 2.71. The van der Waals surface area contributed by atoms with Crippen LogP contribution < -0.4 is 5.32 Å². The van der Waals surface area contributed by atoms with Gasteiger partial charge in [-0.15, -0.1) is 0 Å². The molecule has 0 amide bonds. The van der Waals surface area contributed by atoms with Crippen LogP contribution in [0.25, 0.3) is 0 Å². The Balaban J connectivity index is 1.68. The van der Waals surface area contributed by atoms with Crippen LogP contribution in [0.4, 0.5) is 0 Å². The number of rotatable bonds is 3. The van der Waals surface area contributed by atoms with Crippen molar-refractivity contribution < 1.29 is 0 Å². The van der Waals surface area contributed by atoms with Crippen molar-refractivity contribution in [3.05, 3.63) is 0 Å². The quantitative estimate of drug-likeness (QED) is 0.750. The summed E-state index contributed by atoms with van der Waals surface area (Å²) in [6.07, 6.45) is 8.98. The average molecular weight is 209 g/mol. The summed E-state index contributed by atoms with van der Waals surface area (Å²) < 4.78 is 0. The first-order valence-corrected chi connectivity index (χ1v) is 6.96. The monoisotopic (exact) mass is 209 g/mol. The highest BCUT2D eigenvalue weighted by Crippen LogP contribution is 2.36. The number of hydrogen-bond donors (Lipinski definition) is 1. The first-order chi connectivity index (χ1) is 7.25. The molecule has 88 valence electrons. The third-order valence-corrected chi connectivity index (χ3v) is 4.66. The van der Waals surface area contributed by atoms with E-state index in [-0.39, 0.29) is 0 Å². The van der Waals surface area contributed by atoms with Gasteiger partial charge in [0.2, 0.25) is 0 Å². The molecule has 2 fully saturated rings. The Morgan fingerprint density at radius 1 is 1.00 bits per heavy atom. The van der Waals surface area contributed by atoms with Crippen molar-refractivity contribution in [3.63, 3.8) is 0 Å². The molecule has 2 aliphatic rings. The van der Waals surface area contributed by atoms with Crippen molar-refractivity contribution in [2.75, 3.05) is 13.1 Å². The molecule has 1 saturated heterocycles.